The minimum atomic E-state index is -4.49. The minimum Gasteiger partial charge on any atom is -0.465 e. The van der Waals surface area contributed by atoms with E-state index >= 15 is 0 Å². The smallest absolute Gasteiger partial charge is 0.416 e. The molecule has 1 aromatic heterocycles. The van der Waals surface area contributed by atoms with Gasteiger partial charge in [-0.1, -0.05) is 42.5 Å². The summed E-state index contributed by atoms with van der Waals surface area (Å²) < 4.78 is 84.8. The number of hydrogen-bond donors (Lipinski definition) is 0. The molecule has 0 saturated carbocycles. The molecule has 10 heteroatoms. The Morgan fingerprint density at radius 1 is 0.725 bits per heavy atom. The molecule has 0 aliphatic rings. The van der Waals surface area contributed by atoms with E-state index in [-0.39, 0.29) is 0 Å². The summed E-state index contributed by atoms with van der Waals surface area (Å²) >= 11 is 0. The average Bonchev–Trinajstić information content (AvgIpc) is 3.35. The van der Waals surface area contributed by atoms with Gasteiger partial charge in [0.2, 0.25) is 0 Å². The van der Waals surface area contributed by atoms with Crippen LogP contribution in [-0.4, -0.2) is 22.9 Å². The van der Waals surface area contributed by atoms with Crippen LogP contribution in [0.15, 0.2) is 97.2 Å². The van der Waals surface area contributed by atoms with Gasteiger partial charge in [-0.25, -0.2) is 4.79 Å². The van der Waals surface area contributed by atoms with Crippen LogP contribution in [0.1, 0.15) is 38.7 Å². The van der Waals surface area contributed by atoms with Gasteiger partial charge in [-0.3, -0.25) is 4.68 Å². The number of methoxy groups -OCH3 is 1. The molecule has 0 fully saturated rings. The maximum atomic E-state index is 13.2. The van der Waals surface area contributed by atoms with E-state index in [9.17, 15) is 31.1 Å². The number of carbonyl (C=O) groups is 1. The normalized spacial score (nSPS) is 12.9. The highest BCUT2D eigenvalue weighted by atomic mass is 19.4. The number of rotatable bonds is 5. The number of ether oxygens (including phenoxy) is 1. The molecule has 5 aromatic rings. The standard InChI is InChI=1S/C30H20F6N2O2/c1-40-28(39)21-4-2-19(3-5-21)27(20-8-13-25(14-9-20)30(34,35)36)38-17-23-16-22(10-15-26(23)37-38)18-6-11-24(12-7-18)29(31,32)33/h2-17,27H,1H3. The van der Waals surface area contributed by atoms with Crippen molar-refractivity contribution in [2.24, 2.45) is 0 Å². The summed E-state index contributed by atoms with van der Waals surface area (Å²) in [6.45, 7) is 0. The third-order valence-corrected chi connectivity index (χ3v) is 6.53. The van der Waals surface area contributed by atoms with Crippen molar-refractivity contribution in [3.05, 3.63) is 125 Å². The number of nitrogens with zero attached hydrogens (tertiary/aromatic N) is 2. The van der Waals surface area contributed by atoms with Gasteiger partial charge in [-0.15, -0.1) is 0 Å². The van der Waals surface area contributed by atoms with Crippen LogP contribution in [0.4, 0.5) is 26.3 Å². The lowest BCUT2D eigenvalue weighted by Gasteiger charge is -2.20. The Balaban J connectivity index is 1.56. The Hall–Kier alpha value is -4.60. The molecule has 5 rings (SSSR count). The van der Waals surface area contributed by atoms with E-state index in [1.165, 1.54) is 31.4 Å². The van der Waals surface area contributed by atoms with Crippen LogP contribution in [0, 0.1) is 0 Å². The molecule has 1 unspecified atom stereocenters. The number of esters is 1. The topological polar surface area (TPSA) is 44.1 Å². The predicted molar refractivity (Wildman–Crippen MR) is 137 cm³/mol. The second kappa shape index (κ2) is 10.2. The highest BCUT2D eigenvalue weighted by Crippen LogP contribution is 2.35. The summed E-state index contributed by atoms with van der Waals surface area (Å²) in [6, 6.07) is 20.6. The van der Waals surface area contributed by atoms with Crippen molar-refractivity contribution in [1.29, 1.82) is 0 Å². The van der Waals surface area contributed by atoms with Crippen LogP contribution >= 0.6 is 0 Å². The lowest BCUT2D eigenvalue weighted by Crippen LogP contribution is -2.14. The van der Waals surface area contributed by atoms with Crippen LogP contribution in [0.3, 0.4) is 0 Å². The third-order valence-electron chi connectivity index (χ3n) is 6.53. The summed E-state index contributed by atoms with van der Waals surface area (Å²) in [4.78, 5) is 11.9. The second-order valence-electron chi connectivity index (χ2n) is 9.09. The number of aromatic nitrogens is 2. The van der Waals surface area contributed by atoms with Gasteiger partial charge in [-0.05, 0) is 70.8 Å². The van der Waals surface area contributed by atoms with Crippen molar-refractivity contribution in [2.75, 3.05) is 7.11 Å². The fourth-order valence-corrected chi connectivity index (χ4v) is 4.48. The van der Waals surface area contributed by atoms with Crippen molar-refractivity contribution in [1.82, 2.24) is 9.78 Å². The summed E-state index contributed by atoms with van der Waals surface area (Å²) in [7, 11) is 1.26. The summed E-state index contributed by atoms with van der Waals surface area (Å²) in [5, 5.41) is 5.33. The Kier molecular flexibility index (Phi) is 6.87. The Morgan fingerprint density at radius 2 is 1.23 bits per heavy atom. The van der Waals surface area contributed by atoms with Gasteiger partial charge in [0, 0.05) is 11.6 Å². The first kappa shape index (κ1) is 27.0. The fraction of sp³-hybridized carbons (Fsp3) is 0.133. The van der Waals surface area contributed by atoms with Crippen molar-refractivity contribution in [3.8, 4) is 11.1 Å². The number of fused-ring (bicyclic) bond motifs is 1. The maximum Gasteiger partial charge on any atom is 0.416 e. The SMILES string of the molecule is COC(=O)c1ccc(C(c2ccc(C(F)(F)F)cc2)n2cc3cc(-c4ccc(C(F)(F)F)cc4)ccc3n2)cc1. The number of halogens is 6. The van der Waals surface area contributed by atoms with Crippen molar-refractivity contribution >= 4 is 16.9 Å². The van der Waals surface area contributed by atoms with Gasteiger partial charge < -0.3 is 4.74 Å². The molecule has 0 radical (unpaired) electrons. The first-order valence-corrected chi connectivity index (χ1v) is 12.0. The van der Waals surface area contributed by atoms with E-state index in [0.717, 1.165) is 24.3 Å². The van der Waals surface area contributed by atoms with Crippen molar-refractivity contribution in [2.45, 2.75) is 18.4 Å². The molecule has 0 N–H and O–H groups in total. The summed E-state index contributed by atoms with van der Waals surface area (Å²) in [5.74, 6) is -0.529. The van der Waals surface area contributed by atoms with Crippen LogP contribution in [-0.2, 0) is 17.1 Å². The molecular formula is C30H20F6N2O2. The quantitative estimate of drug-likeness (QED) is 0.163. The zero-order valence-corrected chi connectivity index (χ0v) is 20.8. The lowest BCUT2D eigenvalue weighted by molar-refractivity contribution is -0.138. The number of alkyl halides is 6. The molecule has 0 amide bonds. The summed E-state index contributed by atoms with van der Waals surface area (Å²) in [5.41, 5.74) is 1.79. The van der Waals surface area contributed by atoms with E-state index in [4.69, 9.17) is 4.74 Å². The lowest BCUT2D eigenvalue weighted by atomic mass is 9.96. The highest BCUT2D eigenvalue weighted by molar-refractivity contribution is 5.89. The van der Waals surface area contributed by atoms with Crippen LogP contribution in [0.25, 0.3) is 22.0 Å². The van der Waals surface area contributed by atoms with Gasteiger partial charge in [0.25, 0.3) is 0 Å². The van der Waals surface area contributed by atoms with Gasteiger partial charge in [-0.2, -0.15) is 31.4 Å². The number of hydrogen-bond acceptors (Lipinski definition) is 3. The molecule has 0 aliphatic heterocycles. The molecule has 4 nitrogen and oxygen atoms in total. The minimum absolute atomic E-state index is 0.309. The molecule has 40 heavy (non-hydrogen) atoms. The summed E-state index contributed by atoms with van der Waals surface area (Å²) in [6.07, 6.45) is -7.21. The van der Waals surface area contributed by atoms with E-state index < -0.39 is 35.5 Å². The van der Waals surface area contributed by atoms with Gasteiger partial charge in [0.15, 0.2) is 0 Å². The first-order valence-electron chi connectivity index (χ1n) is 12.0. The second-order valence-corrected chi connectivity index (χ2v) is 9.09. The van der Waals surface area contributed by atoms with E-state index in [2.05, 4.69) is 5.10 Å². The predicted octanol–water partition coefficient (Wildman–Crippen LogP) is 8.17. The van der Waals surface area contributed by atoms with E-state index in [1.54, 1.807) is 53.3 Å². The first-order chi connectivity index (χ1) is 18.9. The largest absolute Gasteiger partial charge is 0.465 e. The average molecular weight is 554 g/mol. The van der Waals surface area contributed by atoms with E-state index in [0.29, 0.717) is 38.7 Å². The maximum absolute atomic E-state index is 13.2. The fourth-order valence-electron chi connectivity index (χ4n) is 4.48. The molecule has 0 aliphatic carbocycles. The van der Waals surface area contributed by atoms with Crippen molar-refractivity contribution in [3.63, 3.8) is 0 Å². The van der Waals surface area contributed by atoms with Crippen molar-refractivity contribution < 1.29 is 35.9 Å². The van der Waals surface area contributed by atoms with Crippen LogP contribution in [0.5, 0.6) is 0 Å². The Labute approximate surface area is 224 Å². The van der Waals surface area contributed by atoms with Gasteiger partial charge >= 0.3 is 18.3 Å². The van der Waals surface area contributed by atoms with Gasteiger partial charge in [0.1, 0.15) is 6.04 Å². The third kappa shape index (κ3) is 5.42. The molecule has 1 atom stereocenters. The Bertz CT molecular complexity index is 1650. The molecule has 0 bridgehead atoms. The van der Waals surface area contributed by atoms with Gasteiger partial charge in [0.05, 0.1) is 29.3 Å². The molecule has 0 spiro atoms. The molecule has 0 saturated heterocycles. The highest BCUT2D eigenvalue weighted by Gasteiger charge is 2.31. The zero-order valence-electron chi connectivity index (χ0n) is 20.8. The van der Waals surface area contributed by atoms with E-state index in [1.807, 2.05) is 0 Å². The molecule has 204 valence electrons. The monoisotopic (exact) mass is 554 g/mol. The number of benzene rings is 4. The number of carbonyl (C=O) groups excluding carboxylic acids is 1. The van der Waals surface area contributed by atoms with Crippen LogP contribution in [0.2, 0.25) is 0 Å². The zero-order chi connectivity index (χ0) is 28.7. The molecular weight excluding hydrogens is 534 g/mol. The molecule has 4 aromatic carbocycles. The van der Waals surface area contributed by atoms with Crippen LogP contribution < -0.4 is 0 Å². The molecule has 1 heterocycles. The Morgan fingerprint density at radius 3 is 1.75 bits per heavy atom.